The Balaban J connectivity index is 1.60. The lowest BCUT2D eigenvalue weighted by Crippen LogP contribution is -2.44. The summed E-state index contributed by atoms with van der Waals surface area (Å²) in [6, 6.07) is 0. The summed E-state index contributed by atoms with van der Waals surface area (Å²) >= 11 is 0. The van der Waals surface area contributed by atoms with E-state index in [0.717, 1.165) is 76.7 Å². The third kappa shape index (κ3) is 5.02. The molecule has 1 N–H and O–H groups in total. The Morgan fingerprint density at radius 2 is 1.96 bits per heavy atom. The van der Waals surface area contributed by atoms with Gasteiger partial charge in [-0.25, -0.2) is 9.97 Å². The van der Waals surface area contributed by atoms with Crippen molar-refractivity contribution in [1.82, 2.24) is 14.9 Å². The highest BCUT2D eigenvalue weighted by molar-refractivity contribution is 5.30. The average molecular weight is 361 g/mol. The molecule has 2 saturated heterocycles. The number of likely N-dealkylation sites (tertiary alicyclic amines) is 1. The van der Waals surface area contributed by atoms with Crippen LogP contribution in [0.2, 0.25) is 0 Å². The molecule has 0 unspecified atom stereocenters. The van der Waals surface area contributed by atoms with Crippen LogP contribution >= 0.6 is 0 Å². The van der Waals surface area contributed by atoms with Crippen LogP contribution in [-0.2, 0) is 11.3 Å². The van der Waals surface area contributed by atoms with E-state index in [2.05, 4.69) is 39.7 Å². The van der Waals surface area contributed by atoms with E-state index in [1.54, 1.807) is 0 Å². The molecule has 1 atom stereocenters. The topological polar surface area (TPSA) is 61.7 Å². The van der Waals surface area contributed by atoms with Gasteiger partial charge in [0.25, 0.3) is 0 Å². The summed E-state index contributed by atoms with van der Waals surface area (Å²) in [7, 11) is 0. The Morgan fingerprint density at radius 3 is 2.62 bits per heavy atom. The molecule has 0 spiro atoms. The van der Waals surface area contributed by atoms with Crippen LogP contribution in [0.3, 0.4) is 0 Å². The zero-order valence-electron chi connectivity index (χ0n) is 16.2. The van der Waals surface area contributed by atoms with Gasteiger partial charge in [0.1, 0.15) is 0 Å². The molecule has 0 saturated carbocycles. The third-order valence-corrected chi connectivity index (χ3v) is 5.41. The van der Waals surface area contributed by atoms with Crippen LogP contribution in [-0.4, -0.2) is 66.0 Å². The van der Waals surface area contributed by atoms with Crippen molar-refractivity contribution in [2.24, 2.45) is 5.41 Å². The molecule has 0 aromatic carbocycles. The second-order valence-electron chi connectivity index (χ2n) is 7.95. The average Bonchev–Trinajstić information content (AvgIpc) is 2.68. The number of hydrogen-bond acceptors (Lipinski definition) is 6. The fourth-order valence-corrected chi connectivity index (χ4v) is 3.84. The number of aromatic nitrogens is 2. The largest absolute Gasteiger partial charge is 0.396 e. The number of allylic oxidation sites excluding steroid dienone is 2. The number of morpholine rings is 1. The maximum Gasteiger partial charge on any atom is 0.225 e. The maximum atomic E-state index is 10.0. The van der Waals surface area contributed by atoms with Crippen LogP contribution in [0, 0.1) is 5.41 Å². The van der Waals surface area contributed by atoms with Gasteiger partial charge in [0.2, 0.25) is 5.95 Å². The number of hydrogen-bond donors (Lipinski definition) is 1. The normalized spacial score (nSPS) is 24.5. The van der Waals surface area contributed by atoms with E-state index in [1.807, 2.05) is 12.4 Å². The van der Waals surface area contributed by atoms with E-state index < -0.39 is 0 Å². The molecule has 3 heterocycles. The molecule has 0 amide bonds. The Hall–Kier alpha value is -1.50. The first kappa shape index (κ1) is 19.3. The van der Waals surface area contributed by atoms with Gasteiger partial charge >= 0.3 is 0 Å². The molecular weight excluding hydrogens is 328 g/mol. The quantitative estimate of drug-likeness (QED) is 0.785. The lowest BCUT2D eigenvalue weighted by molar-refractivity contribution is 0.0306. The number of nitrogens with zero attached hydrogens (tertiary/aromatic N) is 4. The van der Waals surface area contributed by atoms with Crippen LogP contribution in [0.4, 0.5) is 5.95 Å². The Labute approximate surface area is 156 Å². The first-order chi connectivity index (χ1) is 12.6. The van der Waals surface area contributed by atoms with Gasteiger partial charge in [-0.05, 0) is 39.7 Å². The van der Waals surface area contributed by atoms with E-state index in [4.69, 9.17) is 4.74 Å². The van der Waals surface area contributed by atoms with Crippen molar-refractivity contribution in [3.8, 4) is 0 Å². The van der Waals surface area contributed by atoms with E-state index in [-0.39, 0.29) is 12.0 Å². The summed E-state index contributed by atoms with van der Waals surface area (Å²) in [4.78, 5) is 13.7. The molecule has 0 aliphatic carbocycles. The minimum absolute atomic E-state index is 0.00980. The fraction of sp³-hybridized carbons (Fsp3) is 0.700. The second kappa shape index (κ2) is 8.93. The molecular formula is C20H32N4O2. The minimum atomic E-state index is -0.00980. The molecule has 2 fully saturated rings. The van der Waals surface area contributed by atoms with Crippen LogP contribution in [0.5, 0.6) is 0 Å². The van der Waals surface area contributed by atoms with Crippen molar-refractivity contribution in [2.45, 2.75) is 39.7 Å². The van der Waals surface area contributed by atoms with Gasteiger partial charge in [-0.1, -0.05) is 11.6 Å². The van der Waals surface area contributed by atoms with Crippen LogP contribution in [0.25, 0.3) is 0 Å². The number of rotatable bonds is 6. The first-order valence-electron chi connectivity index (χ1n) is 9.70. The van der Waals surface area contributed by atoms with E-state index >= 15 is 0 Å². The molecule has 6 nitrogen and oxygen atoms in total. The zero-order chi connectivity index (χ0) is 18.4. The summed E-state index contributed by atoms with van der Waals surface area (Å²) in [5.74, 6) is 0.795. The predicted molar refractivity (Wildman–Crippen MR) is 103 cm³/mol. The lowest BCUT2D eigenvalue weighted by Gasteiger charge is -2.41. The lowest BCUT2D eigenvalue weighted by atomic mass is 9.77. The highest BCUT2D eigenvalue weighted by atomic mass is 16.5. The maximum absolute atomic E-state index is 10.0. The molecule has 0 radical (unpaired) electrons. The van der Waals surface area contributed by atoms with Gasteiger partial charge in [-0.15, -0.1) is 0 Å². The predicted octanol–water partition coefficient (Wildman–Crippen LogP) is 2.24. The molecule has 2 aliphatic heterocycles. The summed E-state index contributed by atoms with van der Waals surface area (Å²) in [6.45, 7) is 10.5. The standard InChI is InChI=1S/C20H32N4O2/c1-17(2)4-6-20(16-25)5-3-7-23(15-20)14-18-12-21-19(22-13-18)24-8-10-26-11-9-24/h4,12-13,25H,3,5-11,14-16H2,1-2H3/t20-/m0/s1. The second-order valence-corrected chi connectivity index (χ2v) is 7.95. The van der Waals surface area contributed by atoms with Gasteiger partial charge in [-0.2, -0.15) is 0 Å². The van der Waals surface area contributed by atoms with E-state index in [1.165, 1.54) is 5.57 Å². The van der Waals surface area contributed by atoms with Crippen molar-refractivity contribution in [3.63, 3.8) is 0 Å². The molecule has 1 aromatic rings. The highest BCUT2D eigenvalue weighted by Gasteiger charge is 2.34. The third-order valence-electron chi connectivity index (χ3n) is 5.41. The zero-order valence-corrected chi connectivity index (χ0v) is 16.2. The SMILES string of the molecule is CC(C)=CC[C@@]1(CO)CCCN(Cc2cnc(N3CCOCC3)nc2)C1. The summed E-state index contributed by atoms with van der Waals surface area (Å²) in [5, 5.41) is 10.0. The van der Waals surface area contributed by atoms with Crippen molar-refractivity contribution in [3.05, 3.63) is 29.6 Å². The smallest absolute Gasteiger partial charge is 0.225 e. The van der Waals surface area contributed by atoms with Gasteiger partial charge in [-0.3, -0.25) is 4.90 Å². The van der Waals surface area contributed by atoms with Crippen molar-refractivity contribution >= 4 is 5.95 Å². The number of anilines is 1. The van der Waals surface area contributed by atoms with Gasteiger partial charge < -0.3 is 14.7 Å². The molecule has 1 aromatic heterocycles. The Bertz CT molecular complexity index is 594. The van der Waals surface area contributed by atoms with Gasteiger partial charge in [0.15, 0.2) is 0 Å². The number of ether oxygens (including phenoxy) is 1. The summed E-state index contributed by atoms with van der Waals surface area (Å²) in [5.41, 5.74) is 2.45. The van der Waals surface area contributed by atoms with Crippen molar-refractivity contribution in [2.75, 3.05) is 50.9 Å². The number of piperidine rings is 1. The Kier molecular flexibility index (Phi) is 6.62. The van der Waals surface area contributed by atoms with Crippen molar-refractivity contribution in [1.29, 1.82) is 0 Å². The molecule has 0 bridgehead atoms. The molecule has 3 rings (SSSR count). The fourth-order valence-electron chi connectivity index (χ4n) is 3.84. The first-order valence-corrected chi connectivity index (χ1v) is 9.70. The monoisotopic (exact) mass is 360 g/mol. The van der Waals surface area contributed by atoms with Gasteiger partial charge in [0.05, 0.1) is 19.8 Å². The number of aliphatic hydroxyl groups is 1. The van der Waals surface area contributed by atoms with E-state index in [0.29, 0.717) is 0 Å². The minimum Gasteiger partial charge on any atom is -0.396 e. The molecule has 144 valence electrons. The molecule has 6 heteroatoms. The number of aliphatic hydroxyl groups excluding tert-OH is 1. The van der Waals surface area contributed by atoms with Crippen LogP contribution < -0.4 is 4.90 Å². The Morgan fingerprint density at radius 1 is 1.23 bits per heavy atom. The van der Waals surface area contributed by atoms with Crippen LogP contribution in [0.15, 0.2) is 24.0 Å². The van der Waals surface area contributed by atoms with Crippen LogP contribution in [0.1, 0.15) is 38.7 Å². The van der Waals surface area contributed by atoms with Gasteiger partial charge in [0, 0.05) is 49.6 Å². The summed E-state index contributed by atoms with van der Waals surface area (Å²) in [6.07, 6.45) is 9.33. The van der Waals surface area contributed by atoms with E-state index in [9.17, 15) is 5.11 Å². The summed E-state index contributed by atoms with van der Waals surface area (Å²) < 4.78 is 5.38. The molecule has 26 heavy (non-hydrogen) atoms. The molecule has 2 aliphatic rings. The van der Waals surface area contributed by atoms with Crippen molar-refractivity contribution < 1.29 is 9.84 Å². The highest BCUT2D eigenvalue weighted by Crippen LogP contribution is 2.34.